The van der Waals surface area contributed by atoms with E-state index < -0.39 is 5.60 Å². The molecule has 7 heteroatoms. The van der Waals surface area contributed by atoms with Crippen LogP contribution in [0.15, 0.2) is 54.7 Å². The maximum absolute atomic E-state index is 10.9. The molecule has 1 aliphatic heterocycles. The lowest BCUT2D eigenvalue weighted by atomic mass is 10.0. The Hall–Kier alpha value is -2.90. The maximum Gasteiger partial charge on any atom is 0.128 e. The molecule has 0 bridgehead atoms. The number of rotatable bonds is 9. The molecule has 0 radical (unpaired) electrons. The second kappa shape index (κ2) is 9.49. The zero-order valence-corrected chi connectivity index (χ0v) is 18.3. The summed E-state index contributed by atoms with van der Waals surface area (Å²) in [5, 5.41) is 18.7. The van der Waals surface area contributed by atoms with Gasteiger partial charge in [-0.2, -0.15) is 5.10 Å². The third-order valence-electron chi connectivity index (χ3n) is 5.69. The van der Waals surface area contributed by atoms with Crippen LogP contribution in [-0.2, 0) is 13.1 Å². The van der Waals surface area contributed by atoms with Crippen molar-refractivity contribution in [3.63, 3.8) is 0 Å². The first-order chi connectivity index (χ1) is 15.0. The van der Waals surface area contributed by atoms with E-state index in [4.69, 9.17) is 4.74 Å². The molecule has 0 spiro atoms. The van der Waals surface area contributed by atoms with Gasteiger partial charge in [-0.15, -0.1) is 0 Å². The van der Waals surface area contributed by atoms with Crippen molar-refractivity contribution in [2.45, 2.75) is 39.0 Å². The maximum atomic E-state index is 10.9. The van der Waals surface area contributed by atoms with E-state index in [1.807, 2.05) is 41.9 Å². The fourth-order valence-electron chi connectivity index (χ4n) is 4.03. The molecule has 0 unspecified atom stereocenters. The number of nitrogens with one attached hydrogen (secondary N) is 1. The number of β-amino-alcohol motifs (C(OH)–C–C–N with tert-alkyl or cyclic N) is 1. The first-order valence-corrected chi connectivity index (χ1v) is 10.8. The highest BCUT2D eigenvalue weighted by Gasteiger charge is 2.36. The highest BCUT2D eigenvalue weighted by atomic mass is 16.5. The molecule has 0 aliphatic carbocycles. The summed E-state index contributed by atoms with van der Waals surface area (Å²) in [6, 6.07) is 16.0. The first kappa shape index (κ1) is 21.3. The van der Waals surface area contributed by atoms with E-state index >= 15 is 0 Å². The van der Waals surface area contributed by atoms with Gasteiger partial charge in [0, 0.05) is 38.1 Å². The standard InChI is InChI=1S/C24H31N5O2/c1-19-15-20(2)29(27-19)13-14-31-22-8-6-21(7-9-22)16-25-17-24(30)10-12-28(18-24)23-5-3-4-11-26-23/h3-9,11,15,25,30H,10,12-14,16-18H2,1-2H3/t24-/m1/s1. The van der Waals surface area contributed by atoms with Crippen LogP contribution in [0.1, 0.15) is 23.4 Å². The molecule has 1 aromatic carbocycles. The van der Waals surface area contributed by atoms with Gasteiger partial charge >= 0.3 is 0 Å². The fourth-order valence-corrected chi connectivity index (χ4v) is 4.03. The minimum absolute atomic E-state index is 0.553. The molecule has 31 heavy (non-hydrogen) atoms. The van der Waals surface area contributed by atoms with Gasteiger partial charge < -0.3 is 20.1 Å². The molecule has 1 aliphatic rings. The predicted molar refractivity (Wildman–Crippen MR) is 121 cm³/mol. The molecule has 1 fully saturated rings. The number of hydrogen-bond acceptors (Lipinski definition) is 6. The van der Waals surface area contributed by atoms with E-state index in [0.29, 0.717) is 26.2 Å². The van der Waals surface area contributed by atoms with Crippen molar-refractivity contribution in [3.05, 3.63) is 71.7 Å². The van der Waals surface area contributed by atoms with Crippen LogP contribution >= 0.6 is 0 Å². The number of ether oxygens (including phenoxy) is 1. The van der Waals surface area contributed by atoms with Gasteiger partial charge in [-0.3, -0.25) is 4.68 Å². The average molecular weight is 422 g/mol. The number of hydrogen-bond donors (Lipinski definition) is 2. The normalized spacial score (nSPS) is 18.5. The van der Waals surface area contributed by atoms with E-state index in [9.17, 15) is 5.11 Å². The number of anilines is 1. The number of aliphatic hydroxyl groups is 1. The Morgan fingerprint density at radius 1 is 1.16 bits per heavy atom. The number of pyridine rings is 1. The van der Waals surface area contributed by atoms with Gasteiger partial charge in [0.2, 0.25) is 0 Å². The monoisotopic (exact) mass is 421 g/mol. The summed E-state index contributed by atoms with van der Waals surface area (Å²) in [6.45, 7) is 8.04. The molecule has 3 heterocycles. The molecule has 3 aromatic rings. The molecule has 7 nitrogen and oxygen atoms in total. The number of aromatic nitrogens is 3. The van der Waals surface area contributed by atoms with Gasteiger partial charge in [0.1, 0.15) is 18.2 Å². The molecule has 2 N–H and O–H groups in total. The van der Waals surface area contributed by atoms with Gasteiger partial charge in [0.25, 0.3) is 0 Å². The Kier molecular flexibility index (Phi) is 6.53. The Bertz CT molecular complexity index is 973. The van der Waals surface area contributed by atoms with Gasteiger partial charge in [0.15, 0.2) is 0 Å². The third kappa shape index (κ3) is 5.62. The molecule has 1 saturated heterocycles. The van der Waals surface area contributed by atoms with Gasteiger partial charge in [-0.05, 0) is 56.2 Å². The van der Waals surface area contributed by atoms with Crippen molar-refractivity contribution in [1.29, 1.82) is 0 Å². The lowest BCUT2D eigenvalue weighted by Crippen LogP contribution is -2.43. The summed E-state index contributed by atoms with van der Waals surface area (Å²) in [6.07, 6.45) is 2.52. The van der Waals surface area contributed by atoms with Crippen LogP contribution in [-0.4, -0.2) is 51.7 Å². The lowest BCUT2D eigenvalue weighted by molar-refractivity contribution is 0.0626. The quantitative estimate of drug-likeness (QED) is 0.553. The van der Waals surface area contributed by atoms with Crippen molar-refractivity contribution < 1.29 is 9.84 Å². The summed E-state index contributed by atoms with van der Waals surface area (Å²) in [7, 11) is 0. The Labute approximate surface area is 183 Å². The van der Waals surface area contributed by atoms with Crippen molar-refractivity contribution in [2.75, 3.05) is 31.1 Å². The zero-order valence-electron chi connectivity index (χ0n) is 18.3. The van der Waals surface area contributed by atoms with E-state index in [2.05, 4.69) is 45.4 Å². The van der Waals surface area contributed by atoms with Gasteiger partial charge in [-0.25, -0.2) is 4.98 Å². The SMILES string of the molecule is Cc1cc(C)n(CCOc2ccc(CNC[C@]3(O)CCN(c4ccccn4)C3)cc2)n1. The second-order valence-electron chi connectivity index (χ2n) is 8.33. The summed E-state index contributed by atoms with van der Waals surface area (Å²) in [4.78, 5) is 6.52. The van der Waals surface area contributed by atoms with Crippen LogP contribution < -0.4 is 15.0 Å². The highest BCUT2D eigenvalue weighted by Crippen LogP contribution is 2.25. The highest BCUT2D eigenvalue weighted by molar-refractivity contribution is 5.40. The van der Waals surface area contributed by atoms with Crippen molar-refractivity contribution in [2.24, 2.45) is 0 Å². The average Bonchev–Trinajstić information content (AvgIpc) is 3.31. The van der Waals surface area contributed by atoms with E-state index in [-0.39, 0.29) is 0 Å². The molecule has 164 valence electrons. The van der Waals surface area contributed by atoms with Crippen LogP contribution in [0.4, 0.5) is 5.82 Å². The van der Waals surface area contributed by atoms with Crippen molar-refractivity contribution >= 4 is 5.82 Å². The largest absolute Gasteiger partial charge is 0.492 e. The van der Waals surface area contributed by atoms with Crippen LogP contribution in [0.2, 0.25) is 0 Å². The van der Waals surface area contributed by atoms with Crippen molar-refractivity contribution in [3.8, 4) is 5.75 Å². The topological polar surface area (TPSA) is 75.4 Å². The van der Waals surface area contributed by atoms with Crippen LogP contribution in [0.5, 0.6) is 5.75 Å². The molecule has 2 aromatic heterocycles. The Morgan fingerprint density at radius 2 is 2.00 bits per heavy atom. The first-order valence-electron chi connectivity index (χ1n) is 10.8. The zero-order chi connectivity index (χ0) is 21.7. The third-order valence-corrected chi connectivity index (χ3v) is 5.69. The number of nitrogens with zero attached hydrogens (tertiary/aromatic N) is 4. The Balaban J connectivity index is 1.19. The van der Waals surface area contributed by atoms with Crippen LogP contribution in [0.3, 0.4) is 0 Å². The number of aryl methyl sites for hydroxylation is 2. The minimum atomic E-state index is -0.733. The summed E-state index contributed by atoms with van der Waals surface area (Å²) in [5.41, 5.74) is 2.61. The van der Waals surface area contributed by atoms with E-state index in [0.717, 1.165) is 48.0 Å². The summed E-state index contributed by atoms with van der Waals surface area (Å²) in [5.74, 6) is 1.78. The van der Waals surface area contributed by atoms with E-state index in [1.54, 1.807) is 6.20 Å². The molecule has 1 atom stereocenters. The second-order valence-corrected chi connectivity index (χ2v) is 8.33. The Morgan fingerprint density at radius 3 is 2.71 bits per heavy atom. The molecule has 0 saturated carbocycles. The minimum Gasteiger partial charge on any atom is -0.492 e. The smallest absolute Gasteiger partial charge is 0.128 e. The lowest BCUT2D eigenvalue weighted by Gasteiger charge is -2.24. The van der Waals surface area contributed by atoms with Crippen LogP contribution in [0, 0.1) is 13.8 Å². The van der Waals surface area contributed by atoms with Crippen LogP contribution in [0.25, 0.3) is 0 Å². The van der Waals surface area contributed by atoms with E-state index in [1.165, 1.54) is 0 Å². The molecule has 0 amide bonds. The molecular weight excluding hydrogens is 390 g/mol. The fraction of sp³-hybridized carbons (Fsp3) is 0.417. The molecule has 4 rings (SSSR count). The summed E-state index contributed by atoms with van der Waals surface area (Å²) >= 11 is 0. The summed E-state index contributed by atoms with van der Waals surface area (Å²) < 4.78 is 7.82. The predicted octanol–water partition coefficient (Wildman–Crippen LogP) is 2.70. The van der Waals surface area contributed by atoms with Gasteiger partial charge in [0.05, 0.1) is 17.8 Å². The van der Waals surface area contributed by atoms with Gasteiger partial charge in [-0.1, -0.05) is 18.2 Å². The molecular formula is C24H31N5O2. The van der Waals surface area contributed by atoms with Crippen molar-refractivity contribution in [1.82, 2.24) is 20.1 Å². The number of benzene rings is 1.